The first-order valence-corrected chi connectivity index (χ1v) is 8.75. The predicted octanol–water partition coefficient (Wildman–Crippen LogP) is 0.893. The van der Waals surface area contributed by atoms with E-state index < -0.39 is 41.8 Å². The second-order valence-corrected chi connectivity index (χ2v) is 6.23. The molecule has 0 aliphatic rings. The molecule has 8 heteroatoms. The van der Waals surface area contributed by atoms with Gasteiger partial charge in [-0.25, -0.2) is 4.79 Å². The molecule has 0 spiro atoms. The normalized spacial score (nSPS) is 13.7. The van der Waals surface area contributed by atoms with Crippen molar-refractivity contribution >= 4 is 23.8 Å². The van der Waals surface area contributed by atoms with Gasteiger partial charge in [-0.05, 0) is 18.9 Å². The number of rotatable bonds is 10. The van der Waals surface area contributed by atoms with Crippen LogP contribution >= 0.6 is 0 Å². The van der Waals surface area contributed by atoms with Crippen LogP contribution in [0.5, 0.6) is 0 Å². The summed E-state index contributed by atoms with van der Waals surface area (Å²) in [6, 6.07) is 6.85. The molecule has 1 aromatic carbocycles. The average Bonchev–Trinajstić information content (AvgIpc) is 2.61. The third kappa shape index (κ3) is 7.89. The van der Waals surface area contributed by atoms with E-state index in [2.05, 4.69) is 10.6 Å². The molecule has 8 nitrogen and oxygen atoms in total. The van der Waals surface area contributed by atoms with Gasteiger partial charge in [0.2, 0.25) is 11.8 Å². The lowest BCUT2D eigenvalue weighted by atomic mass is 10.0. The Morgan fingerprint density at radius 1 is 1.07 bits per heavy atom. The Morgan fingerprint density at radius 2 is 1.70 bits per heavy atom. The van der Waals surface area contributed by atoms with E-state index >= 15 is 0 Å². The second kappa shape index (κ2) is 10.9. The van der Waals surface area contributed by atoms with E-state index in [0.717, 1.165) is 5.56 Å². The first kappa shape index (κ1) is 22.1. The van der Waals surface area contributed by atoms with Gasteiger partial charge in [0.15, 0.2) is 0 Å². The van der Waals surface area contributed by atoms with E-state index in [1.54, 1.807) is 31.2 Å². The molecule has 2 amide bonds. The number of nitrogens with one attached hydrogen (secondary N) is 2. The van der Waals surface area contributed by atoms with Crippen molar-refractivity contribution in [1.82, 2.24) is 10.6 Å². The third-order valence-corrected chi connectivity index (χ3v) is 3.87. The van der Waals surface area contributed by atoms with E-state index in [1.807, 2.05) is 6.07 Å². The molecule has 0 saturated carbocycles. The van der Waals surface area contributed by atoms with Crippen LogP contribution in [0.4, 0.5) is 0 Å². The zero-order valence-electron chi connectivity index (χ0n) is 15.7. The number of aliphatic carboxylic acids is 1. The summed E-state index contributed by atoms with van der Waals surface area (Å²) < 4.78 is 4.87. The second-order valence-electron chi connectivity index (χ2n) is 6.23. The number of benzene rings is 1. The molecule has 3 atom stereocenters. The minimum Gasteiger partial charge on any atom is -0.480 e. The maximum atomic E-state index is 12.6. The standard InChI is InChI=1S/C19H26N2O6/c1-4-27-19(26)12(2)10-16(18(24)25)21-17(23)15(20-13(3)22)11-14-8-6-5-7-9-14/h5-9,12,15-16H,4,10-11H2,1-3H3,(H,20,22)(H,21,23)(H,24,25)/t12-,15+,16+/m1/s1. The van der Waals surface area contributed by atoms with Crippen molar-refractivity contribution in [3.63, 3.8) is 0 Å². The molecule has 0 aliphatic heterocycles. The smallest absolute Gasteiger partial charge is 0.326 e. The van der Waals surface area contributed by atoms with Gasteiger partial charge in [0, 0.05) is 13.3 Å². The largest absolute Gasteiger partial charge is 0.480 e. The fourth-order valence-corrected chi connectivity index (χ4v) is 2.53. The van der Waals surface area contributed by atoms with Crippen LogP contribution in [0.3, 0.4) is 0 Å². The van der Waals surface area contributed by atoms with Crippen LogP contribution in [0.1, 0.15) is 32.8 Å². The molecule has 1 aromatic rings. The zero-order chi connectivity index (χ0) is 20.4. The molecule has 27 heavy (non-hydrogen) atoms. The van der Waals surface area contributed by atoms with Crippen LogP contribution in [0.25, 0.3) is 0 Å². The Morgan fingerprint density at radius 3 is 2.22 bits per heavy atom. The molecule has 0 saturated heterocycles. The molecule has 0 aliphatic carbocycles. The van der Waals surface area contributed by atoms with Gasteiger partial charge in [-0.3, -0.25) is 14.4 Å². The molecule has 3 N–H and O–H groups in total. The van der Waals surface area contributed by atoms with Gasteiger partial charge in [-0.15, -0.1) is 0 Å². The fraction of sp³-hybridized carbons (Fsp3) is 0.474. The minimum absolute atomic E-state index is 0.113. The monoisotopic (exact) mass is 378 g/mol. The van der Waals surface area contributed by atoms with Crippen LogP contribution in [-0.2, 0) is 30.3 Å². The van der Waals surface area contributed by atoms with E-state index in [4.69, 9.17) is 4.74 Å². The predicted molar refractivity (Wildman–Crippen MR) is 97.7 cm³/mol. The van der Waals surface area contributed by atoms with Crippen molar-refractivity contribution in [1.29, 1.82) is 0 Å². The van der Waals surface area contributed by atoms with Crippen molar-refractivity contribution < 1.29 is 29.0 Å². The Labute approximate surface area is 158 Å². The number of esters is 1. The summed E-state index contributed by atoms with van der Waals surface area (Å²) in [5.41, 5.74) is 0.818. The molecular weight excluding hydrogens is 352 g/mol. The van der Waals surface area contributed by atoms with Crippen LogP contribution in [0, 0.1) is 5.92 Å². The number of ether oxygens (including phenoxy) is 1. The van der Waals surface area contributed by atoms with Crippen LogP contribution < -0.4 is 10.6 Å². The van der Waals surface area contributed by atoms with Gasteiger partial charge in [0.1, 0.15) is 12.1 Å². The van der Waals surface area contributed by atoms with Crippen LogP contribution in [0.15, 0.2) is 30.3 Å². The van der Waals surface area contributed by atoms with Crippen molar-refractivity contribution in [3.05, 3.63) is 35.9 Å². The Bertz CT molecular complexity index is 661. The third-order valence-electron chi connectivity index (χ3n) is 3.87. The van der Waals surface area contributed by atoms with Gasteiger partial charge in [-0.2, -0.15) is 0 Å². The zero-order valence-corrected chi connectivity index (χ0v) is 15.7. The lowest BCUT2D eigenvalue weighted by Gasteiger charge is -2.22. The molecule has 1 rings (SSSR count). The van der Waals surface area contributed by atoms with Gasteiger partial charge >= 0.3 is 11.9 Å². The first-order chi connectivity index (χ1) is 12.7. The number of hydrogen-bond donors (Lipinski definition) is 3. The van der Waals surface area contributed by atoms with Crippen molar-refractivity contribution in [2.45, 2.75) is 45.7 Å². The molecule has 0 bridgehead atoms. The molecule has 0 heterocycles. The molecule has 0 fully saturated rings. The van der Waals surface area contributed by atoms with Crippen molar-refractivity contribution in [3.8, 4) is 0 Å². The first-order valence-electron chi connectivity index (χ1n) is 8.75. The topological polar surface area (TPSA) is 122 Å². The highest BCUT2D eigenvalue weighted by molar-refractivity contribution is 5.90. The number of carbonyl (C=O) groups is 4. The SMILES string of the molecule is CCOC(=O)[C@H](C)C[C@H](NC(=O)[C@H](Cc1ccccc1)NC(C)=O)C(=O)O. The maximum absolute atomic E-state index is 12.6. The Balaban J connectivity index is 2.83. The van der Waals surface area contributed by atoms with Crippen LogP contribution in [0.2, 0.25) is 0 Å². The summed E-state index contributed by atoms with van der Waals surface area (Å²) in [7, 11) is 0. The van der Waals surface area contributed by atoms with E-state index in [0.29, 0.717) is 0 Å². The molecule has 0 radical (unpaired) electrons. The highest BCUT2D eigenvalue weighted by atomic mass is 16.5. The van der Waals surface area contributed by atoms with E-state index in [9.17, 15) is 24.3 Å². The van der Waals surface area contributed by atoms with Gasteiger partial charge in [0.25, 0.3) is 0 Å². The number of hydrogen-bond acceptors (Lipinski definition) is 5. The van der Waals surface area contributed by atoms with Gasteiger partial charge < -0.3 is 20.5 Å². The van der Waals surface area contributed by atoms with E-state index in [-0.39, 0.29) is 19.4 Å². The fourth-order valence-electron chi connectivity index (χ4n) is 2.53. The highest BCUT2D eigenvalue weighted by Crippen LogP contribution is 2.10. The summed E-state index contributed by atoms with van der Waals surface area (Å²) in [6.45, 7) is 4.66. The summed E-state index contributed by atoms with van der Waals surface area (Å²) in [4.78, 5) is 47.2. The summed E-state index contributed by atoms with van der Waals surface area (Å²) in [6.07, 6.45) is 0.101. The van der Waals surface area contributed by atoms with Crippen LogP contribution in [-0.4, -0.2) is 47.6 Å². The number of carboxylic acid groups (broad SMARTS) is 1. The quantitative estimate of drug-likeness (QED) is 0.520. The van der Waals surface area contributed by atoms with E-state index in [1.165, 1.54) is 13.8 Å². The summed E-state index contributed by atoms with van der Waals surface area (Å²) in [5, 5.41) is 14.3. The highest BCUT2D eigenvalue weighted by Gasteiger charge is 2.29. The summed E-state index contributed by atoms with van der Waals surface area (Å²) >= 11 is 0. The molecular formula is C19H26N2O6. The average molecular weight is 378 g/mol. The minimum atomic E-state index is -1.27. The Kier molecular flexibility index (Phi) is 8.98. The van der Waals surface area contributed by atoms with Gasteiger partial charge in [0.05, 0.1) is 12.5 Å². The van der Waals surface area contributed by atoms with Gasteiger partial charge in [-0.1, -0.05) is 37.3 Å². The summed E-state index contributed by atoms with van der Waals surface area (Å²) in [5.74, 6) is -3.52. The lowest BCUT2D eigenvalue weighted by Crippen LogP contribution is -2.52. The van der Waals surface area contributed by atoms with Crippen molar-refractivity contribution in [2.24, 2.45) is 5.92 Å². The molecule has 148 valence electrons. The lowest BCUT2D eigenvalue weighted by molar-refractivity contribution is -0.149. The maximum Gasteiger partial charge on any atom is 0.326 e. The number of carbonyl (C=O) groups excluding carboxylic acids is 3. The number of amides is 2. The van der Waals surface area contributed by atoms with Crippen molar-refractivity contribution in [2.75, 3.05) is 6.61 Å². The Hall–Kier alpha value is -2.90. The molecule has 0 unspecified atom stereocenters. The number of carboxylic acids is 1. The molecule has 0 aromatic heterocycles.